The van der Waals surface area contributed by atoms with Crippen molar-refractivity contribution in [2.24, 2.45) is 0 Å². The Morgan fingerprint density at radius 1 is 1.35 bits per heavy atom. The maximum absolute atomic E-state index is 12.1. The van der Waals surface area contributed by atoms with Crippen molar-refractivity contribution in [1.29, 1.82) is 0 Å². The van der Waals surface area contributed by atoms with Crippen LogP contribution in [0.3, 0.4) is 0 Å². The minimum absolute atomic E-state index is 0.208. The largest absolute Gasteiger partial charge is 0.373 e. The Morgan fingerprint density at radius 3 is 2.85 bits per heavy atom. The standard InChI is InChI=1S/C14H15ClN4O/c1-9-5-6-17-7-10(9)8-18-14(20)13-11(15)3-4-12(16-2)19-13/h3-7H,8H2,1-2H3,(H,16,19)(H,18,20). The Bertz CT molecular complexity index is 630. The molecule has 0 aromatic carbocycles. The number of hydrogen-bond donors (Lipinski definition) is 2. The normalized spacial score (nSPS) is 10.2. The average molecular weight is 291 g/mol. The fourth-order valence-electron chi connectivity index (χ4n) is 1.68. The van der Waals surface area contributed by atoms with Crippen LogP contribution in [0.5, 0.6) is 0 Å². The lowest BCUT2D eigenvalue weighted by Gasteiger charge is -2.09. The van der Waals surface area contributed by atoms with Gasteiger partial charge in [0.15, 0.2) is 0 Å². The number of hydrogen-bond acceptors (Lipinski definition) is 4. The second-order valence-corrected chi connectivity index (χ2v) is 4.67. The quantitative estimate of drug-likeness (QED) is 0.907. The van der Waals surface area contributed by atoms with Gasteiger partial charge in [-0.1, -0.05) is 11.6 Å². The summed E-state index contributed by atoms with van der Waals surface area (Å²) in [6.45, 7) is 2.36. The smallest absolute Gasteiger partial charge is 0.271 e. The van der Waals surface area contributed by atoms with Crippen LogP contribution in [0.1, 0.15) is 21.6 Å². The topological polar surface area (TPSA) is 66.9 Å². The van der Waals surface area contributed by atoms with Crippen LogP contribution in [0, 0.1) is 6.92 Å². The first-order valence-corrected chi connectivity index (χ1v) is 6.51. The van der Waals surface area contributed by atoms with Crippen LogP contribution in [0.15, 0.2) is 30.6 Å². The molecule has 2 N–H and O–H groups in total. The molecule has 0 aliphatic carbocycles. The molecule has 0 bridgehead atoms. The van der Waals surface area contributed by atoms with Crippen molar-refractivity contribution in [3.8, 4) is 0 Å². The summed E-state index contributed by atoms with van der Waals surface area (Å²) in [4.78, 5) is 20.3. The van der Waals surface area contributed by atoms with E-state index in [2.05, 4.69) is 20.6 Å². The van der Waals surface area contributed by atoms with Gasteiger partial charge in [-0.15, -0.1) is 0 Å². The highest BCUT2D eigenvalue weighted by atomic mass is 35.5. The molecule has 0 atom stereocenters. The molecule has 0 aliphatic heterocycles. The number of pyridine rings is 2. The van der Waals surface area contributed by atoms with Crippen LogP contribution >= 0.6 is 11.6 Å². The Hall–Kier alpha value is -2.14. The Morgan fingerprint density at radius 2 is 2.15 bits per heavy atom. The number of carbonyl (C=O) groups is 1. The predicted octanol–water partition coefficient (Wildman–Crippen LogP) is 2.41. The molecule has 0 radical (unpaired) electrons. The van der Waals surface area contributed by atoms with E-state index in [0.717, 1.165) is 11.1 Å². The molecular weight excluding hydrogens is 276 g/mol. The molecule has 0 saturated heterocycles. The van der Waals surface area contributed by atoms with Crippen molar-refractivity contribution in [1.82, 2.24) is 15.3 Å². The minimum Gasteiger partial charge on any atom is -0.373 e. The van der Waals surface area contributed by atoms with Gasteiger partial charge < -0.3 is 10.6 Å². The summed E-state index contributed by atoms with van der Waals surface area (Å²) in [6, 6.07) is 5.25. The molecule has 104 valence electrons. The number of carbonyl (C=O) groups excluding carboxylic acids is 1. The summed E-state index contributed by atoms with van der Waals surface area (Å²) in [5.74, 6) is 0.285. The van der Waals surface area contributed by atoms with Gasteiger partial charge in [0.25, 0.3) is 5.91 Å². The minimum atomic E-state index is -0.310. The van der Waals surface area contributed by atoms with Crippen molar-refractivity contribution in [3.63, 3.8) is 0 Å². The molecule has 6 heteroatoms. The number of nitrogens with zero attached hydrogens (tertiary/aromatic N) is 2. The molecule has 2 aromatic heterocycles. The van der Waals surface area contributed by atoms with Crippen molar-refractivity contribution in [2.75, 3.05) is 12.4 Å². The number of anilines is 1. The van der Waals surface area contributed by atoms with Gasteiger partial charge in [-0.2, -0.15) is 0 Å². The highest BCUT2D eigenvalue weighted by Gasteiger charge is 2.13. The molecule has 0 spiro atoms. The van der Waals surface area contributed by atoms with E-state index in [0.29, 0.717) is 17.4 Å². The first-order chi connectivity index (χ1) is 9.61. The van der Waals surface area contributed by atoms with Crippen molar-refractivity contribution >= 4 is 23.3 Å². The number of amides is 1. The van der Waals surface area contributed by atoms with E-state index >= 15 is 0 Å². The average Bonchev–Trinajstić information content (AvgIpc) is 2.46. The Labute approximate surface area is 122 Å². The van der Waals surface area contributed by atoms with Crippen LogP contribution < -0.4 is 10.6 Å². The van der Waals surface area contributed by atoms with Crippen LogP contribution in [0.2, 0.25) is 5.02 Å². The van der Waals surface area contributed by atoms with E-state index in [-0.39, 0.29) is 11.6 Å². The summed E-state index contributed by atoms with van der Waals surface area (Å²) >= 11 is 6.00. The second kappa shape index (κ2) is 6.34. The van der Waals surface area contributed by atoms with Crippen LogP contribution in [0.4, 0.5) is 5.82 Å². The molecule has 2 aromatic rings. The maximum atomic E-state index is 12.1. The van der Waals surface area contributed by atoms with Crippen LogP contribution in [0.25, 0.3) is 0 Å². The van der Waals surface area contributed by atoms with Gasteiger partial charge in [-0.3, -0.25) is 9.78 Å². The van der Waals surface area contributed by atoms with Gasteiger partial charge in [0.2, 0.25) is 0 Å². The summed E-state index contributed by atoms with van der Waals surface area (Å²) in [7, 11) is 1.73. The van der Waals surface area contributed by atoms with Crippen LogP contribution in [-0.4, -0.2) is 22.9 Å². The van der Waals surface area contributed by atoms with E-state index in [9.17, 15) is 4.79 Å². The van der Waals surface area contributed by atoms with Crippen molar-refractivity contribution < 1.29 is 4.79 Å². The maximum Gasteiger partial charge on any atom is 0.271 e. The third-order valence-electron chi connectivity index (χ3n) is 2.90. The van der Waals surface area contributed by atoms with Crippen LogP contribution in [-0.2, 0) is 6.54 Å². The summed E-state index contributed by atoms with van der Waals surface area (Å²) in [5, 5.41) is 5.99. The lowest BCUT2D eigenvalue weighted by atomic mass is 10.1. The Kier molecular flexibility index (Phi) is 4.53. The van der Waals surface area contributed by atoms with Crippen molar-refractivity contribution in [2.45, 2.75) is 13.5 Å². The van der Waals surface area contributed by atoms with Gasteiger partial charge in [0.1, 0.15) is 11.5 Å². The molecular formula is C14H15ClN4O. The van der Waals surface area contributed by atoms with Gasteiger partial charge in [-0.05, 0) is 36.2 Å². The van der Waals surface area contributed by atoms with E-state index in [4.69, 9.17) is 11.6 Å². The third kappa shape index (κ3) is 3.24. The number of nitrogens with one attached hydrogen (secondary N) is 2. The number of halogens is 1. The lowest BCUT2D eigenvalue weighted by Crippen LogP contribution is -2.24. The molecule has 0 fully saturated rings. The predicted molar refractivity (Wildman–Crippen MR) is 78.9 cm³/mol. The summed E-state index contributed by atoms with van der Waals surface area (Å²) < 4.78 is 0. The van der Waals surface area contributed by atoms with E-state index in [1.165, 1.54) is 0 Å². The second-order valence-electron chi connectivity index (χ2n) is 4.26. The molecule has 20 heavy (non-hydrogen) atoms. The SMILES string of the molecule is CNc1ccc(Cl)c(C(=O)NCc2cnccc2C)n1. The zero-order valence-corrected chi connectivity index (χ0v) is 12.0. The third-order valence-corrected chi connectivity index (χ3v) is 3.21. The molecule has 2 rings (SSSR count). The van der Waals surface area contributed by atoms with Gasteiger partial charge >= 0.3 is 0 Å². The zero-order valence-electron chi connectivity index (χ0n) is 11.3. The highest BCUT2D eigenvalue weighted by Crippen LogP contribution is 2.16. The van der Waals surface area contributed by atoms with E-state index in [1.54, 1.807) is 31.6 Å². The first-order valence-electron chi connectivity index (χ1n) is 6.14. The molecule has 0 saturated carbocycles. The fourth-order valence-corrected chi connectivity index (χ4v) is 1.87. The van der Waals surface area contributed by atoms with Gasteiger partial charge in [0.05, 0.1) is 5.02 Å². The van der Waals surface area contributed by atoms with Crippen molar-refractivity contribution in [3.05, 3.63) is 52.4 Å². The number of aryl methyl sites for hydroxylation is 1. The lowest BCUT2D eigenvalue weighted by molar-refractivity contribution is 0.0946. The highest BCUT2D eigenvalue weighted by molar-refractivity contribution is 6.33. The molecule has 1 amide bonds. The summed E-state index contributed by atoms with van der Waals surface area (Å²) in [5.41, 5.74) is 2.24. The Balaban J connectivity index is 2.11. The number of rotatable bonds is 4. The molecule has 2 heterocycles. The molecule has 5 nitrogen and oxygen atoms in total. The van der Waals surface area contributed by atoms with E-state index in [1.807, 2.05) is 13.0 Å². The monoisotopic (exact) mass is 290 g/mol. The zero-order chi connectivity index (χ0) is 14.5. The number of aromatic nitrogens is 2. The van der Waals surface area contributed by atoms with Gasteiger partial charge in [-0.25, -0.2) is 4.98 Å². The molecule has 0 aliphatic rings. The van der Waals surface area contributed by atoms with Gasteiger partial charge in [0, 0.05) is 26.0 Å². The molecule has 0 unspecified atom stereocenters. The fraction of sp³-hybridized carbons (Fsp3) is 0.214. The first kappa shape index (κ1) is 14.3. The van der Waals surface area contributed by atoms with E-state index < -0.39 is 0 Å². The summed E-state index contributed by atoms with van der Waals surface area (Å²) in [6.07, 6.45) is 3.45.